The van der Waals surface area contributed by atoms with Gasteiger partial charge in [0.1, 0.15) is 15.7 Å². The largest absolute Gasteiger partial charge is 0.416 e. The van der Waals surface area contributed by atoms with Crippen LogP contribution < -0.4 is 5.32 Å². The lowest BCUT2D eigenvalue weighted by Gasteiger charge is -2.07. The summed E-state index contributed by atoms with van der Waals surface area (Å²) in [5.74, 6) is 0.523. The third kappa shape index (κ3) is 5.67. The van der Waals surface area contributed by atoms with Crippen molar-refractivity contribution in [3.05, 3.63) is 93.9 Å². The summed E-state index contributed by atoms with van der Waals surface area (Å²) in [6, 6.07) is 14.8. The molecular weight excluding hydrogens is 449 g/mol. The standard InChI is InChI=1S/C24H21F3N4OS/c1-15-21(22(32)29-13-17-5-3-2-4-6-17)33-23(30-15)19-14-28-20(31-19)12-9-16-7-10-18(11-8-16)24(25,26)27/h2-8,10-11,14H,9,12-13H2,1H3,(H,28,31)(H,29,32). The Kier molecular flexibility index (Phi) is 6.60. The molecule has 4 aromatic rings. The number of aryl methyl sites for hydroxylation is 3. The van der Waals surface area contributed by atoms with Gasteiger partial charge >= 0.3 is 6.18 Å². The van der Waals surface area contributed by atoms with Crippen LogP contribution in [-0.4, -0.2) is 20.9 Å². The van der Waals surface area contributed by atoms with Crippen LogP contribution in [0.1, 0.15) is 37.9 Å². The van der Waals surface area contributed by atoms with Gasteiger partial charge in [-0.1, -0.05) is 42.5 Å². The lowest BCUT2D eigenvalue weighted by atomic mass is 10.1. The minimum absolute atomic E-state index is 0.179. The summed E-state index contributed by atoms with van der Waals surface area (Å²) in [4.78, 5) is 25.2. The number of H-pyrrole nitrogens is 1. The molecule has 0 aliphatic rings. The van der Waals surface area contributed by atoms with Crippen molar-refractivity contribution in [3.63, 3.8) is 0 Å². The molecule has 2 aromatic heterocycles. The fraction of sp³-hybridized carbons (Fsp3) is 0.208. The molecule has 0 bridgehead atoms. The number of alkyl halides is 3. The molecule has 0 unspecified atom stereocenters. The van der Waals surface area contributed by atoms with Crippen LogP contribution >= 0.6 is 11.3 Å². The second-order valence-electron chi connectivity index (χ2n) is 7.54. The molecule has 0 aliphatic heterocycles. The number of aromatic amines is 1. The zero-order valence-corrected chi connectivity index (χ0v) is 18.6. The third-order valence-electron chi connectivity index (χ3n) is 5.09. The Hall–Kier alpha value is -3.46. The molecule has 4 rings (SSSR count). The van der Waals surface area contributed by atoms with Crippen LogP contribution in [0.15, 0.2) is 60.8 Å². The van der Waals surface area contributed by atoms with E-state index in [0.29, 0.717) is 46.5 Å². The van der Waals surface area contributed by atoms with Crippen molar-refractivity contribution < 1.29 is 18.0 Å². The number of thiazole rings is 1. The van der Waals surface area contributed by atoms with Gasteiger partial charge in [-0.15, -0.1) is 11.3 Å². The SMILES string of the molecule is Cc1nc(-c2cnc(CCc3ccc(C(F)(F)F)cc3)[nH]2)sc1C(=O)NCc1ccccc1. The van der Waals surface area contributed by atoms with E-state index >= 15 is 0 Å². The monoisotopic (exact) mass is 470 g/mol. The van der Waals surface area contributed by atoms with Crippen molar-refractivity contribution in [2.45, 2.75) is 32.5 Å². The van der Waals surface area contributed by atoms with Crippen molar-refractivity contribution >= 4 is 17.2 Å². The van der Waals surface area contributed by atoms with E-state index in [1.807, 2.05) is 30.3 Å². The van der Waals surface area contributed by atoms with Gasteiger partial charge in [-0.05, 0) is 36.6 Å². The zero-order chi connectivity index (χ0) is 23.4. The highest BCUT2D eigenvalue weighted by atomic mass is 32.1. The number of hydrogen-bond donors (Lipinski definition) is 2. The maximum Gasteiger partial charge on any atom is 0.416 e. The topological polar surface area (TPSA) is 70.7 Å². The zero-order valence-electron chi connectivity index (χ0n) is 17.7. The molecule has 2 heterocycles. The van der Waals surface area contributed by atoms with E-state index in [-0.39, 0.29) is 5.91 Å². The molecule has 0 fully saturated rings. The first-order chi connectivity index (χ1) is 15.8. The summed E-state index contributed by atoms with van der Waals surface area (Å²) in [6.07, 6.45) is -1.58. The Morgan fingerprint density at radius 1 is 1.03 bits per heavy atom. The van der Waals surface area contributed by atoms with E-state index < -0.39 is 11.7 Å². The van der Waals surface area contributed by atoms with Crippen molar-refractivity contribution in [2.75, 3.05) is 0 Å². The minimum Gasteiger partial charge on any atom is -0.347 e. The number of carbonyl (C=O) groups is 1. The van der Waals surface area contributed by atoms with Crippen molar-refractivity contribution in [1.82, 2.24) is 20.3 Å². The number of nitrogens with zero attached hydrogens (tertiary/aromatic N) is 2. The van der Waals surface area contributed by atoms with Gasteiger partial charge < -0.3 is 10.3 Å². The number of carbonyl (C=O) groups excluding carboxylic acids is 1. The Morgan fingerprint density at radius 3 is 2.45 bits per heavy atom. The molecule has 0 atom stereocenters. The second-order valence-corrected chi connectivity index (χ2v) is 8.54. The molecule has 1 amide bonds. The third-order valence-corrected chi connectivity index (χ3v) is 6.28. The highest BCUT2D eigenvalue weighted by Crippen LogP contribution is 2.29. The van der Waals surface area contributed by atoms with E-state index in [9.17, 15) is 18.0 Å². The predicted octanol–water partition coefficient (Wildman–Crippen LogP) is 5.58. The Balaban J connectivity index is 1.37. The molecule has 0 spiro atoms. The first kappa shape index (κ1) is 22.7. The summed E-state index contributed by atoms with van der Waals surface area (Å²) >= 11 is 1.29. The number of hydrogen-bond acceptors (Lipinski definition) is 4. The highest BCUT2D eigenvalue weighted by Gasteiger charge is 2.29. The molecule has 2 N–H and O–H groups in total. The number of halogens is 3. The Morgan fingerprint density at radius 2 is 1.76 bits per heavy atom. The van der Waals surface area contributed by atoms with E-state index in [2.05, 4.69) is 20.3 Å². The smallest absolute Gasteiger partial charge is 0.347 e. The van der Waals surface area contributed by atoms with E-state index in [4.69, 9.17) is 0 Å². The van der Waals surface area contributed by atoms with Crippen molar-refractivity contribution in [2.24, 2.45) is 0 Å². The molecule has 33 heavy (non-hydrogen) atoms. The fourth-order valence-electron chi connectivity index (χ4n) is 3.30. The first-order valence-corrected chi connectivity index (χ1v) is 11.1. The number of imidazole rings is 1. The Bertz CT molecular complexity index is 1230. The fourth-order valence-corrected chi connectivity index (χ4v) is 4.25. The first-order valence-electron chi connectivity index (χ1n) is 10.3. The van der Waals surface area contributed by atoms with Crippen LogP contribution in [0.3, 0.4) is 0 Å². The van der Waals surface area contributed by atoms with Gasteiger partial charge in [0.15, 0.2) is 0 Å². The van der Waals surface area contributed by atoms with Crippen molar-refractivity contribution in [3.8, 4) is 10.7 Å². The second kappa shape index (κ2) is 9.58. The number of aromatic nitrogens is 3. The molecule has 0 saturated heterocycles. The average molecular weight is 471 g/mol. The molecule has 0 radical (unpaired) electrons. The van der Waals surface area contributed by atoms with Gasteiger partial charge in [-0.2, -0.15) is 13.2 Å². The van der Waals surface area contributed by atoms with Crippen LogP contribution in [0.5, 0.6) is 0 Å². The van der Waals surface area contributed by atoms with Gasteiger partial charge in [0.05, 0.1) is 23.1 Å². The molecular formula is C24H21F3N4OS. The van der Waals surface area contributed by atoms with Gasteiger partial charge in [0.2, 0.25) is 0 Å². The molecule has 170 valence electrons. The Labute approximate surface area is 192 Å². The lowest BCUT2D eigenvalue weighted by Crippen LogP contribution is -2.22. The average Bonchev–Trinajstić information content (AvgIpc) is 3.43. The number of benzene rings is 2. The van der Waals surface area contributed by atoms with E-state index in [1.165, 1.54) is 23.5 Å². The van der Waals surface area contributed by atoms with Crippen LogP contribution in [-0.2, 0) is 25.6 Å². The van der Waals surface area contributed by atoms with Gasteiger partial charge in [-0.3, -0.25) is 4.79 Å². The summed E-state index contributed by atoms with van der Waals surface area (Å²) in [7, 11) is 0. The quantitative estimate of drug-likeness (QED) is 0.371. The van der Waals surface area contributed by atoms with Crippen LogP contribution in [0.4, 0.5) is 13.2 Å². The molecule has 5 nitrogen and oxygen atoms in total. The molecule has 9 heteroatoms. The maximum absolute atomic E-state index is 12.7. The van der Waals surface area contributed by atoms with Gasteiger partial charge in [0.25, 0.3) is 5.91 Å². The van der Waals surface area contributed by atoms with Crippen LogP contribution in [0.2, 0.25) is 0 Å². The maximum atomic E-state index is 12.7. The number of nitrogens with one attached hydrogen (secondary N) is 2. The number of rotatable bonds is 7. The molecule has 0 saturated carbocycles. The van der Waals surface area contributed by atoms with Crippen LogP contribution in [0.25, 0.3) is 10.7 Å². The minimum atomic E-state index is -4.34. The summed E-state index contributed by atoms with van der Waals surface area (Å²) in [5, 5.41) is 3.57. The van der Waals surface area contributed by atoms with Gasteiger partial charge in [-0.25, -0.2) is 9.97 Å². The molecule has 0 aliphatic carbocycles. The van der Waals surface area contributed by atoms with E-state index in [1.54, 1.807) is 13.1 Å². The van der Waals surface area contributed by atoms with Crippen molar-refractivity contribution in [1.29, 1.82) is 0 Å². The normalized spacial score (nSPS) is 11.5. The summed E-state index contributed by atoms with van der Waals surface area (Å²) < 4.78 is 38.1. The van der Waals surface area contributed by atoms with Gasteiger partial charge in [0, 0.05) is 13.0 Å². The summed E-state index contributed by atoms with van der Waals surface area (Å²) in [6.45, 7) is 2.23. The number of amides is 1. The van der Waals surface area contributed by atoms with E-state index in [0.717, 1.165) is 23.3 Å². The summed E-state index contributed by atoms with van der Waals surface area (Å²) in [5.41, 5.74) is 2.49. The highest BCUT2D eigenvalue weighted by molar-refractivity contribution is 7.17. The lowest BCUT2D eigenvalue weighted by molar-refractivity contribution is -0.137. The van der Waals surface area contributed by atoms with Crippen LogP contribution in [0, 0.1) is 6.92 Å². The molecule has 2 aromatic carbocycles. The predicted molar refractivity (Wildman–Crippen MR) is 121 cm³/mol.